The Hall–Kier alpha value is -3.82. The summed E-state index contributed by atoms with van der Waals surface area (Å²) in [5.74, 6) is 0.477. The summed E-state index contributed by atoms with van der Waals surface area (Å²) in [5, 5.41) is 13.9. The zero-order valence-electron chi connectivity index (χ0n) is 25.6. The lowest BCUT2D eigenvalue weighted by Gasteiger charge is -2.26. The number of pyridine rings is 1. The van der Waals surface area contributed by atoms with Gasteiger partial charge in [0.1, 0.15) is 11.8 Å². The maximum absolute atomic E-state index is 13.7. The van der Waals surface area contributed by atoms with Crippen molar-refractivity contribution in [3.05, 3.63) is 82.7 Å². The lowest BCUT2D eigenvalue weighted by Crippen LogP contribution is -2.28. The van der Waals surface area contributed by atoms with E-state index >= 15 is 0 Å². The molecule has 0 radical (unpaired) electrons. The van der Waals surface area contributed by atoms with E-state index in [1.807, 2.05) is 54.5 Å². The zero-order chi connectivity index (χ0) is 29.7. The quantitative estimate of drug-likeness (QED) is 0.336. The molecule has 41 heavy (non-hydrogen) atoms. The van der Waals surface area contributed by atoms with Crippen molar-refractivity contribution in [3.63, 3.8) is 0 Å². The molecule has 2 heterocycles. The van der Waals surface area contributed by atoms with Crippen molar-refractivity contribution in [2.45, 2.75) is 45.7 Å². The van der Waals surface area contributed by atoms with Crippen molar-refractivity contribution >= 4 is 17.3 Å². The van der Waals surface area contributed by atoms with Crippen LogP contribution >= 0.6 is 0 Å². The number of hydrogen-bond acceptors (Lipinski definition) is 8. The molecule has 1 atom stereocenters. The standard InChI is InChI=1S/C32H43N7O2/c1-22-11-12-23(17-29(22)39-21-28(35-36-39)24-10-9-13-33-19-24)31(40)34-27-18-26(32(2,3)4)16-25(30(27)41-8)20-38(7)15-14-37(5)6/h9-13,16-19,28H,14-15,20-21H2,1-8H3,(H,34,40). The second-order valence-corrected chi connectivity index (χ2v) is 12.1. The van der Waals surface area contributed by atoms with Gasteiger partial charge in [0.15, 0.2) is 0 Å². The normalized spacial score (nSPS) is 15.2. The van der Waals surface area contributed by atoms with E-state index in [0.717, 1.165) is 41.0 Å². The zero-order valence-corrected chi connectivity index (χ0v) is 25.6. The Balaban J connectivity index is 1.59. The number of nitrogens with zero attached hydrogens (tertiary/aromatic N) is 6. The smallest absolute Gasteiger partial charge is 0.255 e. The van der Waals surface area contributed by atoms with Gasteiger partial charge in [-0.1, -0.05) is 44.2 Å². The summed E-state index contributed by atoms with van der Waals surface area (Å²) in [6, 6.07) is 13.7. The van der Waals surface area contributed by atoms with Crippen LogP contribution in [0.4, 0.5) is 11.4 Å². The van der Waals surface area contributed by atoms with Crippen molar-refractivity contribution in [3.8, 4) is 5.75 Å². The number of nitrogens with one attached hydrogen (secondary N) is 1. The predicted octanol–water partition coefficient (Wildman–Crippen LogP) is 5.87. The minimum atomic E-state index is -0.206. The first-order valence-electron chi connectivity index (χ1n) is 14.0. The molecule has 0 spiro atoms. The number of hydrogen-bond donors (Lipinski definition) is 1. The fraction of sp³-hybridized carbons (Fsp3) is 0.438. The van der Waals surface area contributed by atoms with Crippen LogP contribution in [0.25, 0.3) is 0 Å². The summed E-state index contributed by atoms with van der Waals surface area (Å²) in [6.07, 6.45) is 3.56. The number of aromatic nitrogens is 1. The van der Waals surface area contributed by atoms with Crippen LogP contribution in [0.1, 0.15) is 59.4 Å². The number of likely N-dealkylation sites (N-methyl/N-ethyl adjacent to an activating group) is 2. The maximum atomic E-state index is 13.7. The molecule has 0 fully saturated rings. The number of carbonyl (C=O) groups is 1. The van der Waals surface area contributed by atoms with Crippen LogP contribution in [0.3, 0.4) is 0 Å². The third-order valence-corrected chi connectivity index (χ3v) is 7.32. The Labute approximate surface area is 244 Å². The van der Waals surface area contributed by atoms with E-state index < -0.39 is 0 Å². The average Bonchev–Trinajstić information content (AvgIpc) is 3.42. The number of rotatable bonds is 10. The first-order chi connectivity index (χ1) is 19.5. The summed E-state index contributed by atoms with van der Waals surface area (Å²) in [7, 11) is 7.91. The fourth-order valence-corrected chi connectivity index (χ4v) is 4.79. The molecule has 0 saturated carbocycles. The van der Waals surface area contributed by atoms with Crippen molar-refractivity contribution in [2.75, 3.05) is 58.2 Å². The van der Waals surface area contributed by atoms with E-state index in [2.05, 4.69) is 78.4 Å². The van der Waals surface area contributed by atoms with Gasteiger partial charge in [0, 0.05) is 43.2 Å². The van der Waals surface area contributed by atoms with E-state index in [1.165, 1.54) is 0 Å². The molecular formula is C32H43N7O2. The molecule has 9 nitrogen and oxygen atoms in total. The van der Waals surface area contributed by atoms with Crippen molar-refractivity contribution < 1.29 is 9.53 Å². The number of ether oxygens (including phenoxy) is 1. The van der Waals surface area contributed by atoms with Gasteiger partial charge in [-0.05, 0) is 74.4 Å². The molecule has 4 rings (SSSR count). The Kier molecular flexibility index (Phi) is 9.40. The van der Waals surface area contributed by atoms with Crippen molar-refractivity contribution in [2.24, 2.45) is 10.3 Å². The molecule has 2 aromatic carbocycles. The van der Waals surface area contributed by atoms with Crippen LogP contribution in [0, 0.1) is 6.92 Å². The van der Waals surface area contributed by atoms with Crippen LogP contribution in [-0.4, -0.2) is 68.6 Å². The van der Waals surface area contributed by atoms with Crippen molar-refractivity contribution in [1.82, 2.24) is 14.8 Å². The van der Waals surface area contributed by atoms with E-state index in [-0.39, 0.29) is 17.4 Å². The average molecular weight is 558 g/mol. The summed E-state index contributed by atoms with van der Waals surface area (Å²) >= 11 is 0. The van der Waals surface area contributed by atoms with Gasteiger partial charge < -0.3 is 19.9 Å². The van der Waals surface area contributed by atoms with Gasteiger partial charge in [-0.25, -0.2) is 5.01 Å². The highest BCUT2D eigenvalue weighted by Crippen LogP contribution is 2.37. The number of benzene rings is 2. The molecule has 1 aliphatic rings. The molecule has 0 bridgehead atoms. The van der Waals surface area contributed by atoms with Gasteiger partial charge in [0.05, 0.1) is 25.0 Å². The summed E-state index contributed by atoms with van der Waals surface area (Å²) < 4.78 is 5.89. The van der Waals surface area contributed by atoms with E-state index in [9.17, 15) is 4.79 Å². The third kappa shape index (κ3) is 7.48. The van der Waals surface area contributed by atoms with Crippen LogP contribution < -0.4 is 15.1 Å². The molecular weight excluding hydrogens is 514 g/mol. The highest BCUT2D eigenvalue weighted by molar-refractivity contribution is 6.06. The van der Waals surface area contributed by atoms with E-state index in [1.54, 1.807) is 13.3 Å². The van der Waals surface area contributed by atoms with Gasteiger partial charge in [0.25, 0.3) is 5.91 Å². The predicted molar refractivity (Wildman–Crippen MR) is 165 cm³/mol. The van der Waals surface area contributed by atoms with Crippen molar-refractivity contribution in [1.29, 1.82) is 0 Å². The van der Waals surface area contributed by atoms with Gasteiger partial charge in [-0.2, -0.15) is 5.11 Å². The molecule has 3 aromatic rings. The Morgan fingerprint density at radius 1 is 1.12 bits per heavy atom. The number of anilines is 2. The monoisotopic (exact) mass is 557 g/mol. The van der Waals surface area contributed by atoms with Crippen LogP contribution in [0.5, 0.6) is 5.75 Å². The number of carbonyl (C=O) groups excluding carboxylic acids is 1. The summed E-state index contributed by atoms with van der Waals surface area (Å²) in [6.45, 7) is 11.7. The number of amides is 1. The minimum Gasteiger partial charge on any atom is -0.494 e. The second kappa shape index (κ2) is 12.8. The molecule has 1 unspecified atom stereocenters. The first-order valence-corrected chi connectivity index (χ1v) is 14.0. The van der Waals surface area contributed by atoms with Crippen LogP contribution in [0.2, 0.25) is 0 Å². The Morgan fingerprint density at radius 3 is 2.56 bits per heavy atom. The summed E-state index contributed by atoms with van der Waals surface area (Å²) in [5.41, 5.74) is 6.16. The van der Waals surface area contributed by atoms with Crippen LogP contribution in [0.15, 0.2) is 65.2 Å². The molecule has 0 saturated heterocycles. The Bertz CT molecular complexity index is 1380. The van der Waals surface area contributed by atoms with E-state index in [4.69, 9.17) is 4.74 Å². The topological polar surface area (TPSA) is 85.7 Å². The molecule has 9 heteroatoms. The van der Waals surface area contributed by atoms with Gasteiger partial charge in [0.2, 0.25) is 0 Å². The first kappa shape index (κ1) is 30.1. The van der Waals surface area contributed by atoms with Gasteiger partial charge in [-0.15, -0.1) is 0 Å². The van der Waals surface area contributed by atoms with Crippen LogP contribution in [-0.2, 0) is 12.0 Å². The molecule has 1 amide bonds. The molecule has 218 valence electrons. The lowest BCUT2D eigenvalue weighted by molar-refractivity contribution is 0.102. The maximum Gasteiger partial charge on any atom is 0.255 e. The largest absolute Gasteiger partial charge is 0.494 e. The molecule has 1 aromatic heterocycles. The second-order valence-electron chi connectivity index (χ2n) is 12.1. The van der Waals surface area contributed by atoms with E-state index in [0.29, 0.717) is 30.1 Å². The summed E-state index contributed by atoms with van der Waals surface area (Å²) in [4.78, 5) is 22.3. The SMILES string of the molecule is COc1c(CN(C)CCN(C)C)cc(C(C)(C)C)cc1NC(=O)c1ccc(C)c(N2CC(c3cccnc3)N=N2)c1. The minimum absolute atomic E-state index is 0.0979. The van der Waals surface area contributed by atoms with Gasteiger partial charge in [-0.3, -0.25) is 9.78 Å². The fourth-order valence-electron chi connectivity index (χ4n) is 4.79. The third-order valence-electron chi connectivity index (χ3n) is 7.32. The lowest BCUT2D eigenvalue weighted by atomic mass is 9.85. The molecule has 1 aliphatic heterocycles. The molecule has 1 N–H and O–H groups in total. The number of aryl methyl sites for hydroxylation is 1. The highest BCUT2D eigenvalue weighted by Gasteiger charge is 2.25. The Morgan fingerprint density at radius 2 is 1.90 bits per heavy atom. The number of methoxy groups -OCH3 is 1. The van der Waals surface area contributed by atoms with Gasteiger partial charge >= 0.3 is 0 Å². The highest BCUT2D eigenvalue weighted by atomic mass is 16.5. The molecule has 0 aliphatic carbocycles.